The standard InChI is InChI=1S/C19H18N4O4/c1-13(14-6-8-18(27-2)9-7-14)22-19(24)15(11-20)12-21-16-4-3-5-17(10-16)23(25)26/h3-10,12-13,21H,1-2H3,(H,22,24)/b15-12-. The van der Waals surface area contributed by atoms with Crippen molar-refractivity contribution in [1.82, 2.24) is 5.32 Å². The molecule has 0 saturated carbocycles. The van der Waals surface area contributed by atoms with Crippen LogP contribution in [-0.4, -0.2) is 17.9 Å². The molecule has 0 spiro atoms. The van der Waals surface area contributed by atoms with Crippen LogP contribution >= 0.6 is 0 Å². The van der Waals surface area contributed by atoms with Crippen LogP contribution < -0.4 is 15.4 Å². The number of carbonyl (C=O) groups excluding carboxylic acids is 1. The number of amides is 1. The fourth-order valence-electron chi connectivity index (χ4n) is 2.26. The average Bonchev–Trinajstić information content (AvgIpc) is 2.68. The second-order valence-electron chi connectivity index (χ2n) is 5.59. The van der Waals surface area contributed by atoms with E-state index in [0.717, 1.165) is 5.56 Å². The molecule has 1 atom stereocenters. The van der Waals surface area contributed by atoms with Crippen LogP contribution in [0.4, 0.5) is 11.4 Å². The second-order valence-corrected chi connectivity index (χ2v) is 5.59. The number of nitriles is 1. The molecule has 1 unspecified atom stereocenters. The molecule has 138 valence electrons. The minimum absolute atomic E-state index is 0.0931. The number of nitro benzene ring substituents is 1. The fraction of sp³-hybridized carbons (Fsp3) is 0.158. The lowest BCUT2D eigenvalue weighted by molar-refractivity contribution is -0.384. The van der Waals surface area contributed by atoms with Crippen LogP contribution in [0.3, 0.4) is 0 Å². The molecule has 8 nitrogen and oxygen atoms in total. The van der Waals surface area contributed by atoms with Gasteiger partial charge < -0.3 is 15.4 Å². The monoisotopic (exact) mass is 366 g/mol. The molecule has 0 radical (unpaired) electrons. The Morgan fingerprint density at radius 2 is 2.00 bits per heavy atom. The molecule has 1 amide bonds. The van der Waals surface area contributed by atoms with Gasteiger partial charge in [0.25, 0.3) is 11.6 Å². The summed E-state index contributed by atoms with van der Waals surface area (Å²) in [5.41, 5.74) is 1.01. The largest absolute Gasteiger partial charge is 0.497 e. The van der Waals surface area contributed by atoms with E-state index in [1.807, 2.05) is 18.2 Å². The number of nitrogens with zero attached hydrogens (tertiary/aromatic N) is 2. The van der Waals surface area contributed by atoms with Crippen molar-refractivity contribution >= 4 is 17.3 Å². The summed E-state index contributed by atoms with van der Waals surface area (Å²) in [5.74, 6) is 0.148. The zero-order valence-electron chi connectivity index (χ0n) is 14.8. The number of nitrogens with one attached hydrogen (secondary N) is 2. The minimum Gasteiger partial charge on any atom is -0.497 e. The first-order valence-electron chi connectivity index (χ1n) is 8.00. The molecule has 0 heterocycles. The Morgan fingerprint density at radius 3 is 2.59 bits per heavy atom. The number of ether oxygens (including phenoxy) is 1. The lowest BCUT2D eigenvalue weighted by atomic mass is 10.1. The zero-order valence-corrected chi connectivity index (χ0v) is 14.8. The SMILES string of the molecule is COc1ccc(C(C)NC(=O)/C(C#N)=C\Nc2cccc([N+](=O)[O-])c2)cc1. The van der Waals surface area contributed by atoms with E-state index in [1.165, 1.54) is 24.4 Å². The van der Waals surface area contributed by atoms with Gasteiger partial charge in [0.05, 0.1) is 18.1 Å². The van der Waals surface area contributed by atoms with Crippen LogP contribution in [0.5, 0.6) is 5.75 Å². The molecule has 0 fully saturated rings. The lowest BCUT2D eigenvalue weighted by Crippen LogP contribution is -2.28. The van der Waals surface area contributed by atoms with E-state index in [9.17, 15) is 20.2 Å². The summed E-state index contributed by atoms with van der Waals surface area (Å²) in [6.45, 7) is 1.79. The molecule has 0 saturated heterocycles. The Balaban J connectivity index is 2.06. The molecule has 8 heteroatoms. The molecule has 2 aromatic carbocycles. The van der Waals surface area contributed by atoms with E-state index in [2.05, 4.69) is 10.6 Å². The maximum absolute atomic E-state index is 12.3. The third kappa shape index (κ3) is 5.31. The topological polar surface area (TPSA) is 117 Å². The van der Waals surface area contributed by atoms with E-state index in [0.29, 0.717) is 11.4 Å². The van der Waals surface area contributed by atoms with E-state index >= 15 is 0 Å². The van der Waals surface area contributed by atoms with Crippen molar-refractivity contribution in [2.24, 2.45) is 0 Å². The molecular weight excluding hydrogens is 348 g/mol. The predicted octanol–water partition coefficient (Wildman–Crippen LogP) is 3.30. The van der Waals surface area contributed by atoms with Crippen molar-refractivity contribution in [1.29, 1.82) is 5.26 Å². The molecule has 0 bridgehead atoms. The highest BCUT2D eigenvalue weighted by atomic mass is 16.6. The summed E-state index contributed by atoms with van der Waals surface area (Å²) in [6.07, 6.45) is 1.22. The first-order chi connectivity index (χ1) is 12.9. The highest BCUT2D eigenvalue weighted by molar-refractivity contribution is 5.97. The lowest BCUT2D eigenvalue weighted by Gasteiger charge is -2.14. The third-order valence-corrected chi connectivity index (χ3v) is 3.77. The molecule has 27 heavy (non-hydrogen) atoms. The van der Waals surface area contributed by atoms with Gasteiger partial charge in [0.15, 0.2) is 0 Å². The summed E-state index contributed by atoms with van der Waals surface area (Å²) in [5, 5.41) is 25.5. The summed E-state index contributed by atoms with van der Waals surface area (Å²) >= 11 is 0. The van der Waals surface area contributed by atoms with Crippen LogP contribution in [0.25, 0.3) is 0 Å². The van der Waals surface area contributed by atoms with Gasteiger partial charge in [-0.3, -0.25) is 14.9 Å². The summed E-state index contributed by atoms with van der Waals surface area (Å²) < 4.78 is 5.09. The zero-order chi connectivity index (χ0) is 19.8. The van der Waals surface area contributed by atoms with Crippen LogP contribution in [-0.2, 0) is 4.79 Å². The Hall–Kier alpha value is -3.86. The van der Waals surface area contributed by atoms with E-state index in [4.69, 9.17) is 4.74 Å². The van der Waals surface area contributed by atoms with Crippen molar-refractivity contribution < 1.29 is 14.5 Å². The van der Waals surface area contributed by atoms with Gasteiger partial charge in [0, 0.05) is 24.0 Å². The van der Waals surface area contributed by atoms with Gasteiger partial charge in [0.2, 0.25) is 0 Å². The summed E-state index contributed by atoms with van der Waals surface area (Å²) in [6, 6.07) is 14.5. The van der Waals surface area contributed by atoms with Crippen molar-refractivity contribution in [2.75, 3.05) is 12.4 Å². The number of hydrogen-bond donors (Lipinski definition) is 2. The number of hydrogen-bond acceptors (Lipinski definition) is 6. The van der Waals surface area contributed by atoms with Gasteiger partial charge in [0.1, 0.15) is 17.4 Å². The Bertz CT molecular complexity index is 901. The van der Waals surface area contributed by atoms with Gasteiger partial charge in [-0.25, -0.2) is 0 Å². The summed E-state index contributed by atoms with van der Waals surface area (Å²) in [7, 11) is 1.57. The van der Waals surface area contributed by atoms with Crippen LogP contribution in [0.2, 0.25) is 0 Å². The molecule has 0 aromatic heterocycles. The maximum Gasteiger partial charge on any atom is 0.271 e. The highest BCUT2D eigenvalue weighted by Gasteiger charge is 2.14. The number of nitro groups is 1. The highest BCUT2D eigenvalue weighted by Crippen LogP contribution is 2.19. The van der Waals surface area contributed by atoms with Crippen LogP contribution in [0.1, 0.15) is 18.5 Å². The van der Waals surface area contributed by atoms with Crippen LogP contribution in [0.15, 0.2) is 60.3 Å². The van der Waals surface area contributed by atoms with Gasteiger partial charge in [-0.05, 0) is 30.7 Å². The van der Waals surface area contributed by atoms with Crippen LogP contribution in [0, 0.1) is 21.4 Å². The quantitative estimate of drug-likeness (QED) is 0.336. The van der Waals surface area contributed by atoms with Gasteiger partial charge in [-0.15, -0.1) is 0 Å². The van der Waals surface area contributed by atoms with Crippen molar-refractivity contribution in [3.63, 3.8) is 0 Å². The Morgan fingerprint density at radius 1 is 1.30 bits per heavy atom. The summed E-state index contributed by atoms with van der Waals surface area (Å²) in [4.78, 5) is 22.6. The van der Waals surface area contributed by atoms with Gasteiger partial charge >= 0.3 is 0 Å². The van der Waals surface area contributed by atoms with Gasteiger partial charge in [-0.2, -0.15) is 5.26 Å². The van der Waals surface area contributed by atoms with E-state index in [-0.39, 0.29) is 17.3 Å². The smallest absolute Gasteiger partial charge is 0.271 e. The first kappa shape index (κ1) is 19.5. The normalized spacial score (nSPS) is 11.8. The molecule has 0 aliphatic rings. The molecular formula is C19H18N4O4. The Labute approximate surface area is 156 Å². The van der Waals surface area contributed by atoms with Crippen molar-refractivity contribution in [3.8, 4) is 11.8 Å². The number of rotatable bonds is 7. The number of carbonyl (C=O) groups is 1. The van der Waals surface area contributed by atoms with Gasteiger partial charge in [-0.1, -0.05) is 18.2 Å². The predicted molar refractivity (Wildman–Crippen MR) is 100.0 cm³/mol. The number of non-ortho nitro benzene ring substituents is 1. The molecule has 0 aliphatic carbocycles. The van der Waals surface area contributed by atoms with E-state index in [1.54, 1.807) is 32.2 Å². The number of benzene rings is 2. The third-order valence-electron chi connectivity index (χ3n) is 3.77. The molecule has 2 aromatic rings. The second kappa shape index (κ2) is 9.01. The number of methoxy groups -OCH3 is 1. The Kier molecular flexibility index (Phi) is 6.49. The van der Waals surface area contributed by atoms with Crippen molar-refractivity contribution in [2.45, 2.75) is 13.0 Å². The molecule has 0 aliphatic heterocycles. The first-order valence-corrected chi connectivity index (χ1v) is 8.00. The number of anilines is 1. The van der Waals surface area contributed by atoms with E-state index < -0.39 is 10.8 Å². The van der Waals surface area contributed by atoms with Crippen molar-refractivity contribution in [3.05, 3.63) is 76.0 Å². The molecule has 2 rings (SSSR count). The maximum atomic E-state index is 12.3. The molecule has 2 N–H and O–H groups in total. The minimum atomic E-state index is -0.557. The fourth-order valence-corrected chi connectivity index (χ4v) is 2.26. The average molecular weight is 366 g/mol.